The number of anilines is 1. The number of halogens is 3. The second-order valence-electron chi connectivity index (χ2n) is 9.77. The van der Waals surface area contributed by atoms with Gasteiger partial charge >= 0.3 is 0 Å². The molecule has 1 saturated carbocycles. The van der Waals surface area contributed by atoms with E-state index in [9.17, 15) is 18.0 Å². The number of nitrogens with one attached hydrogen (secondary N) is 1. The molecule has 3 aromatic rings. The zero-order valence-corrected chi connectivity index (χ0v) is 25.0. The van der Waals surface area contributed by atoms with Crippen molar-refractivity contribution in [3.05, 3.63) is 93.4 Å². The fourth-order valence-electron chi connectivity index (χ4n) is 4.74. The molecule has 3 aromatic carbocycles. The first kappa shape index (κ1) is 30.2. The Labute approximate surface area is 250 Å². The van der Waals surface area contributed by atoms with Gasteiger partial charge in [-0.1, -0.05) is 78.0 Å². The van der Waals surface area contributed by atoms with Gasteiger partial charge in [0.2, 0.25) is 11.8 Å². The van der Waals surface area contributed by atoms with Gasteiger partial charge in [-0.2, -0.15) is 0 Å². The van der Waals surface area contributed by atoms with Crippen molar-refractivity contribution in [3.63, 3.8) is 0 Å². The highest BCUT2D eigenvalue weighted by Gasteiger charge is 2.33. The molecule has 1 unspecified atom stereocenters. The molecule has 212 valence electrons. The van der Waals surface area contributed by atoms with Gasteiger partial charge in [-0.25, -0.2) is 8.42 Å². The minimum atomic E-state index is -4.21. The van der Waals surface area contributed by atoms with Crippen LogP contribution in [0, 0.1) is 0 Å². The van der Waals surface area contributed by atoms with Gasteiger partial charge in [0, 0.05) is 27.7 Å². The summed E-state index contributed by atoms with van der Waals surface area (Å²) in [5.41, 5.74) is 0.824. The predicted molar refractivity (Wildman–Crippen MR) is 159 cm³/mol. The standard InChI is InChI=1S/C29H30Cl3N3O4S/c1-20(29(37)33-25-10-5-6-11-25)34(18-21-8-7-9-22(30)14-21)28(36)19-35(26-16-23(31)15-24(32)17-26)40(38,39)27-12-3-2-4-13-27/h2-4,7-9,12-17,20,25H,5-6,10-11,18-19H2,1H3,(H,33,37). The first-order chi connectivity index (χ1) is 19.0. The van der Waals surface area contributed by atoms with E-state index in [0.717, 1.165) is 30.0 Å². The molecule has 0 aromatic heterocycles. The van der Waals surface area contributed by atoms with Crippen LogP contribution in [0.2, 0.25) is 15.1 Å². The largest absolute Gasteiger partial charge is 0.352 e. The Bertz CT molecular complexity index is 1440. The summed E-state index contributed by atoms with van der Waals surface area (Å²) in [5, 5.41) is 3.95. The number of carbonyl (C=O) groups is 2. The van der Waals surface area contributed by atoms with Crippen LogP contribution in [0.1, 0.15) is 38.2 Å². The summed E-state index contributed by atoms with van der Waals surface area (Å²) in [6.45, 7) is 1.10. The van der Waals surface area contributed by atoms with E-state index in [1.807, 2.05) is 0 Å². The van der Waals surface area contributed by atoms with Crippen LogP contribution in [0.5, 0.6) is 0 Å². The van der Waals surface area contributed by atoms with E-state index in [0.29, 0.717) is 10.6 Å². The van der Waals surface area contributed by atoms with Gasteiger partial charge in [0.25, 0.3) is 10.0 Å². The van der Waals surface area contributed by atoms with E-state index >= 15 is 0 Å². The maximum atomic E-state index is 14.0. The Hall–Kier alpha value is -2.78. The Morgan fingerprint density at radius 2 is 1.55 bits per heavy atom. The van der Waals surface area contributed by atoms with Crippen LogP contribution in [0.4, 0.5) is 5.69 Å². The molecule has 1 aliphatic rings. The molecule has 0 spiro atoms. The van der Waals surface area contributed by atoms with Gasteiger partial charge in [0.05, 0.1) is 10.6 Å². The molecule has 2 amide bonds. The minimum Gasteiger partial charge on any atom is -0.352 e. The number of rotatable bonds is 10. The van der Waals surface area contributed by atoms with E-state index in [-0.39, 0.29) is 39.1 Å². The van der Waals surface area contributed by atoms with Crippen LogP contribution in [-0.4, -0.2) is 43.8 Å². The monoisotopic (exact) mass is 621 g/mol. The van der Waals surface area contributed by atoms with Crippen molar-refractivity contribution in [1.29, 1.82) is 0 Å². The third kappa shape index (κ3) is 7.49. The summed E-state index contributed by atoms with van der Waals surface area (Å²) >= 11 is 18.6. The molecule has 1 fully saturated rings. The van der Waals surface area contributed by atoms with E-state index in [1.54, 1.807) is 49.4 Å². The van der Waals surface area contributed by atoms with E-state index < -0.39 is 28.5 Å². The quantitative estimate of drug-likeness (QED) is 0.287. The van der Waals surface area contributed by atoms with Crippen molar-refractivity contribution >= 4 is 62.3 Å². The summed E-state index contributed by atoms with van der Waals surface area (Å²) in [6.07, 6.45) is 3.86. The lowest BCUT2D eigenvalue weighted by Gasteiger charge is -2.32. The fraction of sp³-hybridized carbons (Fsp3) is 0.310. The predicted octanol–water partition coefficient (Wildman–Crippen LogP) is 6.32. The highest BCUT2D eigenvalue weighted by Crippen LogP contribution is 2.30. The lowest BCUT2D eigenvalue weighted by atomic mass is 10.1. The van der Waals surface area contributed by atoms with Crippen LogP contribution in [-0.2, 0) is 26.2 Å². The Balaban J connectivity index is 1.70. The zero-order valence-electron chi connectivity index (χ0n) is 21.9. The van der Waals surface area contributed by atoms with Gasteiger partial charge in [0.15, 0.2) is 0 Å². The van der Waals surface area contributed by atoms with Crippen molar-refractivity contribution in [1.82, 2.24) is 10.2 Å². The summed E-state index contributed by atoms with van der Waals surface area (Å²) < 4.78 is 28.6. The van der Waals surface area contributed by atoms with Crippen LogP contribution < -0.4 is 9.62 Å². The number of sulfonamides is 1. The highest BCUT2D eigenvalue weighted by molar-refractivity contribution is 7.92. The van der Waals surface area contributed by atoms with Crippen LogP contribution in [0.3, 0.4) is 0 Å². The van der Waals surface area contributed by atoms with Gasteiger partial charge in [-0.3, -0.25) is 13.9 Å². The van der Waals surface area contributed by atoms with Gasteiger partial charge in [0.1, 0.15) is 12.6 Å². The van der Waals surface area contributed by atoms with Crippen LogP contribution >= 0.6 is 34.8 Å². The van der Waals surface area contributed by atoms with E-state index in [1.165, 1.54) is 35.2 Å². The fourth-order valence-corrected chi connectivity index (χ4v) is 6.88. The van der Waals surface area contributed by atoms with Crippen molar-refractivity contribution in [3.8, 4) is 0 Å². The summed E-state index contributed by atoms with van der Waals surface area (Å²) in [7, 11) is -4.21. The molecule has 40 heavy (non-hydrogen) atoms. The van der Waals surface area contributed by atoms with E-state index in [2.05, 4.69) is 5.32 Å². The lowest BCUT2D eigenvalue weighted by molar-refractivity contribution is -0.139. The maximum absolute atomic E-state index is 14.0. The molecule has 0 radical (unpaired) electrons. The van der Waals surface area contributed by atoms with Gasteiger partial charge in [-0.05, 0) is 67.8 Å². The molecule has 1 atom stereocenters. The third-order valence-corrected chi connectivity index (χ3v) is 9.32. The molecule has 0 bridgehead atoms. The topological polar surface area (TPSA) is 86.8 Å². The normalized spacial score (nSPS) is 14.5. The molecule has 7 nitrogen and oxygen atoms in total. The number of amides is 2. The SMILES string of the molecule is CC(C(=O)NC1CCCC1)N(Cc1cccc(Cl)c1)C(=O)CN(c1cc(Cl)cc(Cl)c1)S(=O)(=O)c1ccccc1. The Kier molecular flexibility index (Phi) is 10.0. The molecule has 0 heterocycles. The molecule has 0 saturated heterocycles. The van der Waals surface area contributed by atoms with Crippen LogP contribution in [0.25, 0.3) is 0 Å². The van der Waals surface area contributed by atoms with Crippen molar-refractivity contribution in [2.24, 2.45) is 0 Å². The smallest absolute Gasteiger partial charge is 0.264 e. The molecular weight excluding hydrogens is 593 g/mol. The van der Waals surface area contributed by atoms with Gasteiger partial charge in [-0.15, -0.1) is 0 Å². The molecule has 11 heteroatoms. The number of hydrogen-bond acceptors (Lipinski definition) is 4. The average molecular weight is 623 g/mol. The Morgan fingerprint density at radius 1 is 0.900 bits per heavy atom. The molecule has 4 rings (SSSR count). The third-order valence-electron chi connectivity index (χ3n) is 6.86. The second kappa shape index (κ2) is 13.3. The van der Waals surface area contributed by atoms with E-state index in [4.69, 9.17) is 34.8 Å². The molecular formula is C29H30Cl3N3O4S. The first-order valence-corrected chi connectivity index (χ1v) is 15.5. The number of carbonyl (C=O) groups excluding carboxylic acids is 2. The number of nitrogens with zero attached hydrogens (tertiary/aromatic N) is 2. The summed E-state index contributed by atoms with van der Waals surface area (Å²) in [5.74, 6) is -0.879. The molecule has 1 aliphatic carbocycles. The number of hydrogen-bond donors (Lipinski definition) is 1. The lowest BCUT2D eigenvalue weighted by Crippen LogP contribution is -2.52. The minimum absolute atomic E-state index is 0.00712. The zero-order chi connectivity index (χ0) is 28.9. The average Bonchev–Trinajstić information content (AvgIpc) is 3.42. The Morgan fingerprint density at radius 3 is 2.17 bits per heavy atom. The molecule has 1 N–H and O–H groups in total. The maximum Gasteiger partial charge on any atom is 0.264 e. The van der Waals surface area contributed by atoms with Crippen LogP contribution in [0.15, 0.2) is 77.7 Å². The van der Waals surface area contributed by atoms with Crippen molar-refractivity contribution in [2.75, 3.05) is 10.8 Å². The number of benzene rings is 3. The summed E-state index contributed by atoms with van der Waals surface area (Å²) in [6, 6.07) is 18.3. The van der Waals surface area contributed by atoms with Gasteiger partial charge < -0.3 is 10.2 Å². The highest BCUT2D eigenvalue weighted by atomic mass is 35.5. The van der Waals surface area contributed by atoms with Crippen molar-refractivity contribution < 1.29 is 18.0 Å². The summed E-state index contributed by atoms with van der Waals surface area (Å²) in [4.78, 5) is 28.6. The first-order valence-electron chi connectivity index (χ1n) is 12.9. The van der Waals surface area contributed by atoms with Crippen molar-refractivity contribution in [2.45, 2.75) is 56.1 Å². The molecule has 0 aliphatic heterocycles. The second-order valence-corrected chi connectivity index (χ2v) is 12.9.